The molecule has 5 nitrogen and oxygen atoms in total. The second kappa shape index (κ2) is 7.79. The lowest BCUT2D eigenvalue weighted by molar-refractivity contribution is 0.482. The number of sulfonamides is 1. The summed E-state index contributed by atoms with van der Waals surface area (Å²) in [5.74, 6) is 1.03. The van der Waals surface area contributed by atoms with Crippen molar-refractivity contribution in [3.05, 3.63) is 53.6 Å². The molecule has 0 aliphatic rings. The van der Waals surface area contributed by atoms with Gasteiger partial charge in [0.05, 0.1) is 9.92 Å². The van der Waals surface area contributed by atoms with Crippen molar-refractivity contribution >= 4 is 21.6 Å². The highest BCUT2D eigenvalue weighted by Gasteiger charge is 2.15. The van der Waals surface area contributed by atoms with Crippen LogP contribution >= 0.6 is 11.6 Å². The molecule has 0 bridgehead atoms. The van der Waals surface area contributed by atoms with Crippen molar-refractivity contribution in [2.45, 2.75) is 17.9 Å². The van der Waals surface area contributed by atoms with Gasteiger partial charge in [-0.25, -0.2) is 13.1 Å². The van der Waals surface area contributed by atoms with Crippen LogP contribution < -0.4 is 14.8 Å². The molecule has 0 aliphatic heterocycles. The maximum absolute atomic E-state index is 12.2. The van der Waals surface area contributed by atoms with E-state index in [0.29, 0.717) is 23.1 Å². The molecule has 0 saturated heterocycles. The van der Waals surface area contributed by atoms with Gasteiger partial charge in [0, 0.05) is 12.6 Å². The SMILES string of the molecule is CNC(C)CNS(=O)(=O)c1ccc(Oc2ccccc2Cl)cc1. The molecule has 2 N–H and O–H groups in total. The van der Waals surface area contributed by atoms with E-state index in [1.165, 1.54) is 12.1 Å². The molecular formula is C16H19ClN2O3S. The molecule has 0 spiro atoms. The molecule has 2 rings (SSSR count). The number of ether oxygens (including phenoxy) is 1. The Labute approximate surface area is 141 Å². The topological polar surface area (TPSA) is 67.4 Å². The monoisotopic (exact) mass is 354 g/mol. The summed E-state index contributed by atoms with van der Waals surface area (Å²) in [6.45, 7) is 2.21. The highest BCUT2D eigenvalue weighted by molar-refractivity contribution is 7.89. The van der Waals surface area contributed by atoms with Crippen LogP contribution in [-0.2, 0) is 10.0 Å². The van der Waals surface area contributed by atoms with E-state index >= 15 is 0 Å². The Bertz CT molecular complexity index is 748. The van der Waals surface area contributed by atoms with Gasteiger partial charge in [-0.3, -0.25) is 0 Å². The number of likely N-dealkylation sites (N-methyl/N-ethyl adjacent to an activating group) is 1. The Morgan fingerprint density at radius 1 is 1.13 bits per heavy atom. The van der Waals surface area contributed by atoms with Gasteiger partial charge in [-0.2, -0.15) is 0 Å². The van der Waals surface area contributed by atoms with Crippen LogP contribution in [0.15, 0.2) is 53.4 Å². The van der Waals surface area contributed by atoms with Crippen molar-refractivity contribution in [3.63, 3.8) is 0 Å². The second-order valence-corrected chi connectivity index (χ2v) is 7.22. The number of para-hydroxylation sites is 1. The van der Waals surface area contributed by atoms with E-state index < -0.39 is 10.0 Å². The van der Waals surface area contributed by atoms with Crippen molar-refractivity contribution in [3.8, 4) is 11.5 Å². The van der Waals surface area contributed by atoms with Crippen LogP contribution in [0.1, 0.15) is 6.92 Å². The maximum atomic E-state index is 12.2. The van der Waals surface area contributed by atoms with Gasteiger partial charge in [0.1, 0.15) is 11.5 Å². The first-order chi connectivity index (χ1) is 10.9. The van der Waals surface area contributed by atoms with E-state index in [0.717, 1.165) is 0 Å². The molecular weight excluding hydrogens is 336 g/mol. The molecule has 0 heterocycles. The van der Waals surface area contributed by atoms with Crippen molar-refractivity contribution in [1.82, 2.24) is 10.0 Å². The number of halogens is 1. The quantitative estimate of drug-likeness (QED) is 0.802. The first-order valence-electron chi connectivity index (χ1n) is 7.12. The minimum Gasteiger partial charge on any atom is -0.456 e. The number of hydrogen-bond donors (Lipinski definition) is 2. The van der Waals surface area contributed by atoms with Crippen LogP contribution in [-0.4, -0.2) is 28.1 Å². The Kier molecular flexibility index (Phi) is 6.01. The molecule has 124 valence electrons. The zero-order valence-electron chi connectivity index (χ0n) is 12.9. The van der Waals surface area contributed by atoms with Crippen LogP contribution in [0.2, 0.25) is 5.02 Å². The smallest absolute Gasteiger partial charge is 0.240 e. The van der Waals surface area contributed by atoms with Crippen LogP contribution in [0.3, 0.4) is 0 Å². The molecule has 0 aliphatic carbocycles. The average molecular weight is 355 g/mol. The van der Waals surface area contributed by atoms with Crippen molar-refractivity contribution in [2.75, 3.05) is 13.6 Å². The van der Waals surface area contributed by atoms with Crippen LogP contribution in [0.4, 0.5) is 0 Å². The van der Waals surface area contributed by atoms with Crippen molar-refractivity contribution < 1.29 is 13.2 Å². The predicted molar refractivity (Wildman–Crippen MR) is 91.7 cm³/mol. The van der Waals surface area contributed by atoms with Gasteiger partial charge in [0.25, 0.3) is 0 Å². The Morgan fingerprint density at radius 2 is 1.78 bits per heavy atom. The number of benzene rings is 2. The average Bonchev–Trinajstić information content (AvgIpc) is 2.55. The molecule has 0 saturated carbocycles. The van der Waals surface area contributed by atoms with Gasteiger partial charge in [-0.1, -0.05) is 23.7 Å². The molecule has 7 heteroatoms. The van der Waals surface area contributed by atoms with Gasteiger partial charge < -0.3 is 10.1 Å². The standard InChI is InChI=1S/C16H19ClN2O3S/c1-12(18-2)11-19-23(20,21)14-9-7-13(8-10-14)22-16-6-4-3-5-15(16)17/h3-10,12,18-19H,11H2,1-2H3. The fourth-order valence-corrected chi connectivity index (χ4v) is 3.07. The van der Waals surface area contributed by atoms with E-state index in [-0.39, 0.29) is 10.9 Å². The summed E-state index contributed by atoms with van der Waals surface area (Å²) in [6, 6.07) is 13.3. The van der Waals surface area contributed by atoms with Gasteiger partial charge in [-0.05, 0) is 50.4 Å². The molecule has 0 aromatic heterocycles. The van der Waals surface area contributed by atoms with Gasteiger partial charge in [0.2, 0.25) is 10.0 Å². The highest BCUT2D eigenvalue weighted by Crippen LogP contribution is 2.29. The predicted octanol–water partition coefficient (Wildman–Crippen LogP) is 3.02. The van der Waals surface area contributed by atoms with Crippen LogP contribution in [0.5, 0.6) is 11.5 Å². The highest BCUT2D eigenvalue weighted by atomic mass is 35.5. The summed E-state index contributed by atoms with van der Waals surface area (Å²) in [4.78, 5) is 0.187. The lowest BCUT2D eigenvalue weighted by Crippen LogP contribution is -2.37. The van der Waals surface area contributed by atoms with E-state index in [4.69, 9.17) is 16.3 Å². The second-order valence-electron chi connectivity index (χ2n) is 5.05. The molecule has 0 fully saturated rings. The molecule has 23 heavy (non-hydrogen) atoms. The number of nitrogens with one attached hydrogen (secondary N) is 2. The fourth-order valence-electron chi connectivity index (χ4n) is 1.76. The lowest BCUT2D eigenvalue weighted by Gasteiger charge is -2.12. The third-order valence-electron chi connectivity index (χ3n) is 3.27. The molecule has 0 amide bonds. The third-order valence-corrected chi connectivity index (χ3v) is 5.02. The Morgan fingerprint density at radius 3 is 2.39 bits per heavy atom. The van der Waals surface area contributed by atoms with Gasteiger partial charge >= 0.3 is 0 Å². The van der Waals surface area contributed by atoms with E-state index in [2.05, 4.69) is 10.0 Å². The summed E-state index contributed by atoms with van der Waals surface area (Å²) >= 11 is 6.03. The summed E-state index contributed by atoms with van der Waals surface area (Å²) in [5, 5.41) is 3.46. The van der Waals surface area contributed by atoms with Crippen LogP contribution in [0, 0.1) is 0 Å². The Hall–Kier alpha value is -1.60. The van der Waals surface area contributed by atoms with E-state index in [1.54, 1.807) is 31.3 Å². The summed E-state index contributed by atoms with van der Waals surface area (Å²) in [7, 11) is -1.76. The molecule has 2 aromatic rings. The molecule has 0 radical (unpaired) electrons. The minimum atomic E-state index is -3.53. The zero-order valence-corrected chi connectivity index (χ0v) is 14.5. The third kappa shape index (κ3) is 4.94. The molecule has 1 unspecified atom stereocenters. The zero-order chi connectivity index (χ0) is 16.9. The minimum absolute atomic E-state index is 0.0487. The van der Waals surface area contributed by atoms with Crippen LogP contribution in [0.25, 0.3) is 0 Å². The lowest BCUT2D eigenvalue weighted by atomic mass is 10.3. The van der Waals surface area contributed by atoms with E-state index in [9.17, 15) is 8.42 Å². The maximum Gasteiger partial charge on any atom is 0.240 e. The number of hydrogen-bond acceptors (Lipinski definition) is 4. The summed E-state index contributed by atoms with van der Waals surface area (Å²) in [6.07, 6.45) is 0. The summed E-state index contributed by atoms with van der Waals surface area (Å²) in [5.41, 5.74) is 0. The number of rotatable bonds is 7. The van der Waals surface area contributed by atoms with Gasteiger partial charge in [-0.15, -0.1) is 0 Å². The fraction of sp³-hybridized carbons (Fsp3) is 0.250. The van der Waals surface area contributed by atoms with Crippen molar-refractivity contribution in [1.29, 1.82) is 0 Å². The van der Waals surface area contributed by atoms with Crippen molar-refractivity contribution in [2.24, 2.45) is 0 Å². The largest absolute Gasteiger partial charge is 0.456 e. The molecule has 2 aromatic carbocycles. The normalized spacial score (nSPS) is 12.8. The molecule has 1 atom stereocenters. The van der Waals surface area contributed by atoms with E-state index in [1.807, 2.05) is 19.1 Å². The Balaban J connectivity index is 2.08. The van der Waals surface area contributed by atoms with Gasteiger partial charge in [0.15, 0.2) is 0 Å². The summed E-state index contributed by atoms with van der Waals surface area (Å²) < 4.78 is 32.5. The first kappa shape index (κ1) is 17.7. The first-order valence-corrected chi connectivity index (χ1v) is 8.98.